The van der Waals surface area contributed by atoms with Crippen molar-refractivity contribution in [2.75, 3.05) is 0 Å². The van der Waals surface area contributed by atoms with Crippen LogP contribution in [0.5, 0.6) is 0 Å². The van der Waals surface area contributed by atoms with Crippen molar-refractivity contribution in [3.05, 3.63) is 0 Å². The van der Waals surface area contributed by atoms with Gasteiger partial charge < -0.3 is 11.1 Å². The first-order valence-electron chi connectivity index (χ1n) is 8.24. The summed E-state index contributed by atoms with van der Waals surface area (Å²) in [6.07, 6.45) is 12.5. The van der Waals surface area contributed by atoms with E-state index in [1.54, 1.807) is 0 Å². The molecule has 2 aliphatic rings. The monoisotopic (exact) mass is 266 g/mol. The van der Waals surface area contributed by atoms with Gasteiger partial charge in [-0.1, -0.05) is 19.8 Å². The van der Waals surface area contributed by atoms with Crippen molar-refractivity contribution in [1.82, 2.24) is 5.32 Å². The molecule has 0 aromatic heterocycles. The zero-order valence-corrected chi connectivity index (χ0v) is 12.4. The minimum atomic E-state index is -0.0986. The van der Waals surface area contributed by atoms with Gasteiger partial charge in [-0.3, -0.25) is 4.79 Å². The van der Waals surface area contributed by atoms with Crippen molar-refractivity contribution < 1.29 is 4.79 Å². The molecular formula is C16H30N2O. The summed E-state index contributed by atoms with van der Waals surface area (Å²) >= 11 is 0. The number of rotatable bonds is 5. The first kappa shape index (κ1) is 14.8. The number of nitrogens with one attached hydrogen (secondary N) is 1. The lowest BCUT2D eigenvalue weighted by Gasteiger charge is -2.34. The molecule has 0 spiro atoms. The van der Waals surface area contributed by atoms with Gasteiger partial charge in [0.2, 0.25) is 5.91 Å². The molecule has 0 heterocycles. The number of hydrogen-bond donors (Lipinski definition) is 2. The molecular weight excluding hydrogens is 236 g/mol. The predicted octanol–water partition coefficient (Wildman–Crippen LogP) is 2.98. The second-order valence-corrected chi connectivity index (χ2v) is 6.62. The van der Waals surface area contributed by atoms with Crippen LogP contribution in [0.25, 0.3) is 0 Å². The minimum absolute atomic E-state index is 0.0986. The predicted molar refractivity (Wildman–Crippen MR) is 78.7 cm³/mol. The maximum atomic E-state index is 11.2. The number of primary amides is 1. The lowest BCUT2D eigenvalue weighted by atomic mass is 9.81. The Bertz CT molecular complexity index is 276. The van der Waals surface area contributed by atoms with Crippen LogP contribution < -0.4 is 11.1 Å². The fraction of sp³-hybridized carbons (Fsp3) is 0.938. The van der Waals surface area contributed by atoms with E-state index in [0.717, 1.165) is 37.6 Å². The third-order valence-electron chi connectivity index (χ3n) is 5.14. The second-order valence-electron chi connectivity index (χ2n) is 6.62. The Morgan fingerprint density at radius 2 is 1.53 bits per heavy atom. The highest BCUT2D eigenvalue weighted by Crippen LogP contribution is 2.30. The zero-order valence-electron chi connectivity index (χ0n) is 12.4. The van der Waals surface area contributed by atoms with E-state index in [2.05, 4.69) is 12.2 Å². The number of nitrogens with two attached hydrogens (primary N) is 1. The molecule has 110 valence electrons. The number of hydrogen-bond acceptors (Lipinski definition) is 2. The molecule has 0 saturated heterocycles. The van der Waals surface area contributed by atoms with Crippen molar-refractivity contribution in [2.45, 2.75) is 83.2 Å². The number of amides is 1. The van der Waals surface area contributed by atoms with Crippen LogP contribution in [0.2, 0.25) is 0 Å². The summed E-state index contributed by atoms with van der Waals surface area (Å²) < 4.78 is 0. The van der Waals surface area contributed by atoms with Crippen LogP contribution in [0, 0.1) is 11.8 Å². The molecule has 3 heteroatoms. The van der Waals surface area contributed by atoms with Crippen LogP contribution in [0.15, 0.2) is 0 Å². The molecule has 2 rings (SSSR count). The van der Waals surface area contributed by atoms with Crippen LogP contribution in [0.1, 0.15) is 71.1 Å². The molecule has 0 atom stereocenters. The molecule has 0 aromatic rings. The van der Waals surface area contributed by atoms with E-state index in [-0.39, 0.29) is 11.8 Å². The minimum Gasteiger partial charge on any atom is -0.369 e. The molecule has 0 aliphatic heterocycles. The van der Waals surface area contributed by atoms with Crippen molar-refractivity contribution in [3.63, 3.8) is 0 Å². The van der Waals surface area contributed by atoms with Gasteiger partial charge in [-0.2, -0.15) is 0 Å². The summed E-state index contributed by atoms with van der Waals surface area (Å²) in [6.45, 7) is 2.29. The fourth-order valence-corrected chi connectivity index (χ4v) is 3.90. The van der Waals surface area contributed by atoms with E-state index in [1.165, 1.54) is 38.5 Å². The van der Waals surface area contributed by atoms with Gasteiger partial charge in [-0.05, 0) is 57.3 Å². The van der Waals surface area contributed by atoms with Gasteiger partial charge >= 0.3 is 0 Å². The molecule has 0 radical (unpaired) electrons. The molecule has 2 saturated carbocycles. The summed E-state index contributed by atoms with van der Waals surface area (Å²) in [7, 11) is 0. The van der Waals surface area contributed by atoms with E-state index in [0.29, 0.717) is 6.04 Å². The van der Waals surface area contributed by atoms with E-state index in [9.17, 15) is 4.79 Å². The van der Waals surface area contributed by atoms with Crippen LogP contribution >= 0.6 is 0 Å². The Kier molecular flexibility index (Phi) is 5.68. The summed E-state index contributed by atoms with van der Waals surface area (Å²) in [6, 6.07) is 1.35. The molecule has 2 fully saturated rings. The first-order chi connectivity index (χ1) is 9.19. The van der Waals surface area contributed by atoms with Gasteiger partial charge in [0.25, 0.3) is 0 Å². The highest BCUT2D eigenvalue weighted by atomic mass is 16.1. The Balaban J connectivity index is 1.65. The van der Waals surface area contributed by atoms with Gasteiger partial charge in [0.05, 0.1) is 0 Å². The highest BCUT2D eigenvalue weighted by Gasteiger charge is 2.27. The summed E-state index contributed by atoms with van der Waals surface area (Å²) in [5.74, 6) is 1.02. The molecule has 1 amide bonds. The number of carbonyl (C=O) groups excluding carboxylic acids is 1. The summed E-state index contributed by atoms with van der Waals surface area (Å²) in [4.78, 5) is 11.2. The average Bonchev–Trinajstić information content (AvgIpc) is 2.42. The Morgan fingerprint density at radius 1 is 1.00 bits per heavy atom. The van der Waals surface area contributed by atoms with Crippen LogP contribution in [-0.2, 0) is 4.79 Å². The quantitative estimate of drug-likeness (QED) is 0.803. The summed E-state index contributed by atoms with van der Waals surface area (Å²) in [5.41, 5.74) is 5.38. The zero-order chi connectivity index (χ0) is 13.7. The molecule has 0 unspecified atom stereocenters. The molecule has 0 aromatic carbocycles. The highest BCUT2D eigenvalue weighted by molar-refractivity contribution is 5.76. The van der Waals surface area contributed by atoms with Crippen molar-refractivity contribution >= 4 is 5.91 Å². The second kappa shape index (κ2) is 7.28. The Morgan fingerprint density at radius 3 is 2.00 bits per heavy atom. The van der Waals surface area contributed by atoms with Gasteiger partial charge in [0, 0.05) is 18.0 Å². The molecule has 2 aliphatic carbocycles. The molecule has 3 nitrogen and oxygen atoms in total. The Labute approximate surface area is 117 Å². The first-order valence-corrected chi connectivity index (χ1v) is 8.24. The van der Waals surface area contributed by atoms with E-state index >= 15 is 0 Å². The Hall–Kier alpha value is -0.570. The van der Waals surface area contributed by atoms with Crippen molar-refractivity contribution in [2.24, 2.45) is 17.6 Å². The normalized spacial score (nSPS) is 36.1. The maximum absolute atomic E-state index is 11.2. The standard InChI is InChI=1S/C16H30N2O/c1-2-3-12-4-8-14(9-5-12)18-15-10-6-13(7-11-15)16(17)19/h12-15,18H,2-11H2,1H3,(H2,17,19). The summed E-state index contributed by atoms with van der Waals surface area (Å²) in [5, 5.41) is 3.83. The van der Waals surface area contributed by atoms with Gasteiger partial charge in [-0.25, -0.2) is 0 Å². The van der Waals surface area contributed by atoms with Crippen LogP contribution in [0.3, 0.4) is 0 Å². The molecule has 0 bridgehead atoms. The lowest BCUT2D eigenvalue weighted by molar-refractivity contribution is -0.122. The maximum Gasteiger partial charge on any atom is 0.220 e. The van der Waals surface area contributed by atoms with Gasteiger partial charge in [0.15, 0.2) is 0 Å². The largest absolute Gasteiger partial charge is 0.369 e. The smallest absolute Gasteiger partial charge is 0.220 e. The topological polar surface area (TPSA) is 55.1 Å². The molecule has 3 N–H and O–H groups in total. The third-order valence-corrected chi connectivity index (χ3v) is 5.14. The van der Waals surface area contributed by atoms with Crippen molar-refractivity contribution in [3.8, 4) is 0 Å². The third kappa shape index (κ3) is 4.48. The average molecular weight is 266 g/mol. The van der Waals surface area contributed by atoms with Gasteiger partial charge in [0.1, 0.15) is 0 Å². The number of carbonyl (C=O) groups is 1. The van der Waals surface area contributed by atoms with E-state index < -0.39 is 0 Å². The SMILES string of the molecule is CCCC1CCC(NC2CCC(C(N)=O)CC2)CC1. The van der Waals surface area contributed by atoms with Crippen LogP contribution in [-0.4, -0.2) is 18.0 Å². The fourth-order valence-electron chi connectivity index (χ4n) is 3.90. The van der Waals surface area contributed by atoms with Crippen molar-refractivity contribution in [1.29, 1.82) is 0 Å². The molecule has 19 heavy (non-hydrogen) atoms. The van der Waals surface area contributed by atoms with Crippen LogP contribution in [0.4, 0.5) is 0 Å². The lowest BCUT2D eigenvalue weighted by Crippen LogP contribution is -2.43. The van der Waals surface area contributed by atoms with Gasteiger partial charge in [-0.15, -0.1) is 0 Å². The van der Waals surface area contributed by atoms with E-state index in [4.69, 9.17) is 5.73 Å². The van der Waals surface area contributed by atoms with E-state index in [1.807, 2.05) is 0 Å².